The molecule has 1 heterocycles. The molecule has 0 bridgehead atoms. The number of hydrogen-bond acceptors (Lipinski definition) is 9. The molecule has 5 unspecified atom stereocenters. The van der Waals surface area contributed by atoms with Gasteiger partial charge in [0, 0.05) is 13.0 Å². The molecular formula is C18H34N2O8. The summed E-state index contributed by atoms with van der Waals surface area (Å²) in [5.41, 5.74) is 5.43. The first-order valence-corrected chi connectivity index (χ1v) is 9.73. The van der Waals surface area contributed by atoms with Gasteiger partial charge in [0.05, 0.1) is 12.6 Å². The molecule has 1 amide bonds. The zero-order valence-electron chi connectivity index (χ0n) is 16.3. The molecule has 0 radical (unpaired) electrons. The first kappa shape index (κ1) is 24.9. The number of hydrogen-bond donors (Lipinski definition) is 6. The Labute approximate surface area is 165 Å². The van der Waals surface area contributed by atoms with E-state index in [1.54, 1.807) is 0 Å². The highest BCUT2D eigenvalue weighted by atomic mass is 16.7. The van der Waals surface area contributed by atoms with Crippen molar-refractivity contribution in [2.45, 2.75) is 82.2 Å². The Kier molecular flexibility index (Phi) is 11.7. The minimum absolute atomic E-state index is 0.0867. The van der Waals surface area contributed by atoms with Crippen LogP contribution >= 0.6 is 0 Å². The van der Waals surface area contributed by atoms with Crippen molar-refractivity contribution in [1.29, 1.82) is 0 Å². The van der Waals surface area contributed by atoms with Crippen molar-refractivity contribution >= 4 is 11.7 Å². The lowest BCUT2D eigenvalue weighted by atomic mass is 9.99. The summed E-state index contributed by atoms with van der Waals surface area (Å²) in [6.45, 7) is 1.63. The van der Waals surface area contributed by atoms with E-state index in [2.05, 4.69) is 5.32 Å². The standard InChI is InChI=1S/C18H34N2O8/c1-11(22)12(6-2-4-8-19)20-14(23)7-3-5-9-27-18-17(26)16(25)15(24)13(10-21)28-18/h12-13,15-18,21,24-26H,2-10,19H2,1H3,(H,20,23)/t12-,13?,15?,16?,17?,18?/m1/s1. The third-order valence-electron chi connectivity index (χ3n) is 4.70. The van der Waals surface area contributed by atoms with Crippen molar-refractivity contribution < 1.29 is 39.5 Å². The van der Waals surface area contributed by atoms with Crippen molar-refractivity contribution in [2.75, 3.05) is 19.8 Å². The minimum atomic E-state index is -1.48. The Bertz CT molecular complexity index is 477. The average Bonchev–Trinajstić information content (AvgIpc) is 2.66. The first-order chi connectivity index (χ1) is 13.3. The van der Waals surface area contributed by atoms with Crippen LogP contribution in [0.4, 0.5) is 0 Å². The molecule has 7 N–H and O–H groups in total. The number of aliphatic hydroxyl groups is 4. The van der Waals surface area contributed by atoms with Crippen LogP contribution in [0.1, 0.15) is 45.4 Å². The van der Waals surface area contributed by atoms with Crippen molar-refractivity contribution in [2.24, 2.45) is 5.73 Å². The van der Waals surface area contributed by atoms with Crippen LogP contribution in [0.5, 0.6) is 0 Å². The smallest absolute Gasteiger partial charge is 0.220 e. The van der Waals surface area contributed by atoms with Crippen LogP contribution in [-0.2, 0) is 19.1 Å². The number of nitrogens with two attached hydrogens (primary N) is 1. The number of ketones is 1. The predicted molar refractivity (Wildman–Crippen MR) is 99.1 cm³/mol. The van der Waals surface area contributed by atoms with Crippen molar-refractivity contribution in [3.05, 3.63) is 0 Å². The number of carbonyl (C=O) groups excluding carboxylic acids is 2. The maximum absolute atomic E-state index is 12.0. The van der Waals surface area contributed by atoms with Crippen molar-refractivity contribution in [3.63, 3.8) is 0 Å². The lowest BCUT2D eigenvalue weighted by molar-refractivity contribution is -0.301. The van der Waals surface area contributed by atoms with Crippen LogP contribution in [0, 0.1) is 0 Å². The van der Waals surface area contributed by atoms with E-state index in [1.165, 1.54) is 6.92 Å². The first-order valence-electron chi connectivity index (χ1n) is 9.73. The largest absolute Gasteiger partial charge is 0.394 e. The van der Waals surface area contributed by atoms with Gasteiger partial charge in [-0.1, -0.05) is 0 Å². The Balaban J connectivity index is 2.27. The number of nitrogens with one attached hydrogen (secondary N) is 1. The summed E-state index contributed by atoms with van der Waals surface area (Å²) >= 11 is 0. The molecule has 0 aromatic carbocycles. The van der Waals surface area contributed by atoms with Crippen LogP contribution in [0.25, 0.3) is 0 Å². The van der Waals surface area contributed by atoms with Crippen LogP contribution in [0.2, 0.25) is 0 Å². The van der Waals surface area contributed by atoms with E-state index in [9.17, 15) is 24.9 Å². The maximum atomic E-state index is 12.0. The van der Waals surface area contributed by atoms with Gasteiger partial charge in [0.15, 0.2) is 12.1 Å². The molecule has 6 atom stereocenters. The van der Waals surface area contributed by atoms with E-state index < -0.39 is 43.4 Å². The van der Waals surface area contributed by atoms with Gasteiger partial charge in [0.1, 0.15) is 24.4 Å². The van der Waals surface area contributed by atoms with E-state index in [-0.39, 0.29) is 24.7 Å². The zero-order chi connectivity index (χ0) is 21.1. The summed E-state index contributed by atoms with van der Waals surface area (Å²) in [5.74, 6) is -0.308. The maximum Gasteiger partial charge on any atom is 0.220 e. The Morgan fingerprint density at radius 2 is 1.82 bits per heavy atom. The number of rotatable bonds is 13. The van der Waals surface area contributed by atoms with Crippen molar-refractivity contribution in [1.82, 2.24) is 5.32 Å². The van der Waals surface area contributed by atoms with Crippen LogP contribution in [0.15, 0.2) is 0 Å². The fourth-order valence-electron chi connectivity index (χ4n) is 2.93. The summed E-state index contributed by atoms with van der Waals surface area (Å²) in [6.07, 6.45) is -3.19. The minimum Gasteiger partial charge on any atom is -0.394 e. The second-order valence-corrected chi connectivity index (χ2v) is 7.04. The fourth-order valence-corrected chi connectivity index (χ4v) is 2.93. The monoisotopic (exact) mass is 406 g/mol. The number of amides is 1. The average molecular weight is 406 g/mol. The summed E-state index contributed by atoms with van der Waals surface area (Å²) < 4.78 is 10.6. The van der Waals surface area contributed by atoms with Gasteiger partial charge in [0.2, 0.25) is 5.91 Å². The van der Waals surface area contributed by atoms with Crippen LogP contribution in [-0.4, -0.2) is 88.6 Å². The van der Waals surface area contributed by atoms with Gasteiger partial charge >= 0.3 is 0 Å². The molecule has 164 valence electrons. The quantitative estimate of drug-likeness (QED) is 0.193. The summed E-state index contributed by atoms with van der Waals surface area (Å²) in [4.78, 5) is 23.6. The second kappa shape index (κ2) is 13.2. The normalized spacial score (nSPS) is 28.7. The van der Waals surface area contributed by atoms with Gasteiger partial charge in [-0.25, -0.2) is 0 Å². The van der Waals surface area contributed by atoms with Crippen molar-refractivity contribution in [3.8, 4) is 0 Å². The number of carbonyl (C=O) groups is 2. The highest BCUT2D eigenvalue weighted by Crippen LogP contribution is 2.22. The molecule has 1 saturated heterocycles. The van der Waals surface area contributed by atoms with Gasteiger partial charge in [-0.15, -0.1) is 0 Å². The molecule has 10 heteroatoms. The Morgan fingerprint density at radius 3 is 2.43 bits per heavy atom. The van der Waals surface area contributed by atoms with E-state index >= 15 is 0 Å². The molecule has 0 aromatic heterocycles. The molecule has 0 aromatic rings. The lowest BCUT2D eigenvalue weighted by Crippen LogP contribution is -2.59. The number of ether oxygens (including phenoxy) is 2. The van der Waals surface area contributed by atoms with E-state index in [0.29, 0.717) is 25.8 Å². The Morgan fingerprint density at radius 1 is 1.11 bits per heavy atom. The summed E-state index contributed by atoms with van der Waals surface area (Å²) in [6, 6.07) is -0.496. The number of Topliss-reactive ketones (excluding diaryl/α,β-unsaturated/α-hetero) is 1. The molecule has 1 rings (SSSR count). The van der Waals surface area contributed by atoms with Gasteiger partial charge in [-0.3, -0.25) is 9.59 Å². The molecule has 28 heavy (non-hydrogen) atoms. The summed E-state index contributed by atoms with van der Waals surface area (Å²) in [5, 5.41) is 41.1. The molecule has 1 aliphatic rings. The number of unbranched alkanes of at least 4 members (excludes halogenated alkanes) is 2. The zero-order valence-corrected chi connectivity index (χ0v) is 16.3. The molecule has 10 nitrogen and oxygen atoms in total. The number of aliphatic hydroxyl groups excluding tert-OH is 4. The van der Waals surface area contributed by atoms with Gasteiger partial charge < -0.3 is 41.0 Å². The molecular weight excluding hydrogens is 372 g/mol. The molecule has 1 aliphatic heterocycles. The fraction of sp³-hybridized carbons (Fsp3) is 0.889. The van der Waals surface area contributed by atoms with E-state index in [0.717, 1.165) is 12.8 Å². The highest BCUT2D eigenvalue weighted by molar-refractivity contribution is 5.87. The lowest BCUT2D eigenvalue weighted by Gasteiger charge is -2.39. The second-order valence-electron chi connectivity index (χ2n) is 7.04. The van der Waals surface area contributed by atoms with Crippen LogP contribution in [0.3, 0.4) is 0 Å². The topological polar surface area (TPSA) is 172 Å². The van der Waals surface area contributed by atoms with Gasteiger partial charge in [-0.2, -0.15) is 0 Å². The van der Waals surface area contributed by atoms with Gasteiger partial charge in [-0.05, 0) is 45.6 Å². The third kappa shape index (κ3) is 8.08. The third-order valence-corrected chi connectivity index (χ3v) is 4.70. The van der Waals surface area contributed by atoms with Crippen LogP contribution < -0.4 is 11.1 Å². The molecule has 0 spiro atoms. The van der Waals surface area contributed by atoms with Gasteiger partial charge in [0.25, 0.3) is 0 Å². The molecule has 0 aliphatic carbocycles. The Hall–Kier alpha value is -1.14. The van der Waals surface area contributed by atoms with E-state index in [1.807, 2.05) is 0 Å². The summed E-state index contributed by atoms with van der Waals surface area (Å²) in [7, 11) is 0. The molecule has 0 saturated carbocycles. The SMILES string of the molecule is CC(=O)[C@@H](CCCCN)NC(=O)CCCCOC1OC(CO)C(O)C(O)C1O. The van der Waals surface area contributed by atoms with E-state index in [4.69, 9.17) is 20.3 Å². The predicted octanol–water partition coefficient (Wildman–Crippen LogP) is -1.82. The highest BCUT2D eigenvalue weighted by Gasteiger charge is 2.43. The molecule has 1 fully saturated rings.